The average Bonchev–Trinajstić information content (AvgIpc) is 3.23. The molecule has 36 heavy (non-hydrogen) atoms. The van der Waals surface area contributed by atoms with Crippen LogP contribution in [0.15, 0.2) is 83.8 Å². The van der Waals surface area contributed by atoms with Crippen LogP contribution in [0, 0.1) is 0 Å². The minimum Gasteiger partial charge on any atom is -0.455 e. The summed E-state index contributed by atoms with van der Waals surface area (Å²) in [6, 6.07) is 22.7. The molecule has 0 bridgehead atoms. The summed E-state index contributed by atoms with van der Waals surface area (Å²) < 4.78 is 33.8. The van der Waals surface area contributed by atoms with Gasteiger partial charge in [-0.15, -0.1) is 0 Å². The molecular weight excluding hydrogens is 476 g/mol. The van der Waals surface area contributed by atoms with Crippen molar-refractivity contribution in [3.05, 3.63) is 95.6 Å². The van der Waals surface area contributed by atoms with Crippen LogP contribution in [0.25, 0.3) is 0 Å². The van der Waals surface area contributed by atoms with Crippen LogP contribution in [0.5, 0.6) is 0 Å². The SMILES string of the molecule is CC1Cc2ccccc2N1C(=O)COC(=O)CC1c2ccccc2CCN1S(=O)(=O)c1ccccc1. The molecule has 2 aliphatic rings. The third-order valence-electron chi connectivity index (χ3n) is 6.91. The van der Waals surface area contributed by atoms with E-state index in [1.54, 1.807) is 35.2 Å². The van der Waals surface area contributed by atoms with Gasteiger partial charge in [0.15, 0.2) is 6.61 Å². The molecule has 0 fully saturated rings. The smallest absolute Gasteiger partial charge is 0.308 e. The summed E-state index contributed by atoms with van der Waals surface area (Å²) in [5.41, 5.74) is 3.72. The molecule has 3 aromatic rings. The first-order chi connectivity index (χ1) is 17.4. The summed E-state index contributed by atoms with van der Waals surface area (Å²) >= 11 is 0. The molecule has 2 heterocycles. The maximum atomic E-state index is 13.5. The number of ether oxygens (including phenoxy) is 1. The molecule has 2 atom stereocenters. The molecule has 0 N–H and O–H groups in total. The summed E-state index contributed by atoms with van der Waals surface area (Å²) in [4.78, 5) is 27.8. The van der Waals surface area contributed by atoms with Crippen molar-refractivity contribution in [2.45, 2.75) is 43.2 Å². The monoisotopic (exact) mass is 504 g/mol. The largest absolute Gasteiger partial charge is 0.455 e. The Morgan fingerprint density at radius 3 is 2.36 bits per heavy atom. The predicted octanol–water partition coefficient (Wildman–Crippen LogP) is 3.89. The number of nitrogens with zero attached hydrogens (tertiary/aromatic N) is 2. The van der Waals surface area contributed by atoms with E-state index in [4.69, 9.17) is 4.74 Å². The van der Waals surface area contributed by atoms with Crippen molar-refractivity contribution in [3.63, 3.8) is 0 Å². The van der Waals surface area contributed by atoms with Gasteiger partial charge in [0, 0.05) is 18.3 Å². The number of anilines is 1. The van der Waals surface area contributed by atoms with E-state index in [9.17, 15) is 18.0 Å². The molecule has 8 heteroatoms. The van der Waals surface area contributed by atoms with E-state index < -0.39 is 28.6 Å². The quantitative estimate of drug-likeness (QED) is 0.476. The van der Waals surface area contributed by atoms with E-state index in [1.807, 2.05) is 55.5 Å². The molecule has 0 saturated heterocycles. The van der Waals surface area contributed by atoms with Crippen LogP contribution in [-0.4, -0.2) is 43.8 Å². The van der Waals surface area contributed by atoms with Gasteiger partial charge in [-0.2, -0.15) is 4.31 Å². The third kappa shape index (κ3) is 4.54. The van der Waals surface area contributed by atoms with E-state index in [0.29, 0.717) is 6.42 Å². The molecule has 7 nitrogen and oxygen atoms in total. The van der Waals surface area contributed by atoms with E-state index in [-0.39, 0.29) is 29.8 Å². The fourth-order valence-corrected chi connectivity index (χ4v) is 6.86. The Balaban J connectivity index is 1.33. The number of benzene rings is 3. The second-order valence-corrected chi connectivity index (χ2v) is 11.1. The number of sulfonamides is 1. The highest BCUT2D eigenvalue weighted by Gasteiger charge is 2.38. The molecule has 0 saturated carbocycles. The normalized spacial score (nSPS) is 19.4. The van der Waals surface area contributed by atoms with Crippen molar-refractivity contribution >= 4 is 27.6 Å². The number of hydrogen-bond donors (Lipinski definition) is 0. The number of fused-ring (bicyclic) bond motifs is 2. The molecule has 0 aliphatic carbocycles. The Morgan fingerprint density at radius 2 is 1.58 bits per heavy atom. The number of hydrogen-bond acceptors (Lipinski definition) is 5. The highest BCUT2D eigenvalue weighted by molar-refractivity contribution is 7.89. The summed E-state index contributed by atoms with van der Waals surface area (Å²) in [6.07, 6.45) is 1.13. The number of rotatable bonds is 6. The molecule has 0 radical (unpaired) electrons. The van der Waals surface area contributed by atoms with Crippen LogP contribution in [-0.2, 0) is 37.2 Å². The summed E-state index contributed by atoms with van der Waals surface area (Å²) in [7, 11) is -3.83. The van der Waals surface area contributed by atoms with Gasteiger partial charge >= 0.3 is 5.97 Å². The lowest BCUT2D eigenvalue weighted by Gasteiger charge is -2.36. The second kappa shape index (κ2) is 9.87. The molecule has 186 valence electrons. The molecule has 2 aliphatic heterocycles. The van der Waals surface area contributed by atoms with E-state index in [1.165, 1.54) is 4.31 Å². The molecule has 1 amide bonds. The fraction of sp³-hybridized carbons (Fsp3) is 0.286. The Kier molecular flexibility index (Phi) is 6.64. The highest BCUT2D eigenvalue weighted by Crippen LogP contribution is 2.37. The van der Waals surface area contributed by atoms with Crippen LogP contribution in [0.1, 0.15) is 36.1 Å². The zero-order valence-corrected chi connectivity index (χ0v) is 20.9. The standard InChI is InChI=1S/C28H28N2O5S/c1-20-17-22-10-6-8-14-25(22)30(20)27(31)19-35-28(32)18-26-24-13-7-5-9-21(24)15-16-29(26)36(33,34)23-11-3-2-4-12-23/h2-14,20,26H,15-19H2,1H3. The second-order valence-electron chi connectivity index (χ2n) is 9.20. The van der Waals surface area contributed by atoms with Gasteiger partial charge in [-0.3, -0.25) is 9.59 Å². The van der Waals surface area contributed by atoms with Gasteiger partial charge in [-0.05, 0) is 54.7 Å². The lowest BCUT2D eigenvalue weighted by atomic mass is 9.92. The highest BCUT2D eigenvalue weighted by atomic mass is 32.2. The Bertz CT molecular complexity index is 1390. The van der Waals surface area contributed by atoms with Crippen LogP contribution in [0.2, 0.25) is 0 Å². The first-order valence-electron chi connectivity index (χ1n) is 12.1. The van der Waals surface area contributed by atoms with Crippen molar-refractivity contribution in [3.8, 4) is 0 Å². The van der Waals surface area contributed by atoms with Crippen molar-refractivity contribution in [2.24, 2.45) is 0 Å². The Hall–Kier alpha value is -3.49. The van der Waals surface area contributed by atoms with Crippen LogP contribution < -0.4 is 4.90 Å². The molecule has 5 rings (SSSR count). The number of carbonyl (C=O) groups excluding carboxylic acids is 2. The van der Waals surface area contributed by atoms with E-state index in [0.717, 1.165) is 28.8 Å². The van der Waals surface area contributed by atoms with Crippen molar-refractivity contribution in [2.75, 3.05) is 18.1 Å². The Morgan fingerprint density at radius 1 is 0.917 bits per heavy atom. The fourth-order valence-electron chi connectivity index (χ4n) is 5.23. The first kappa shape index (κ1) is 24.2. The average molecular weight is 505 g/mol. The minimum absolute atomic E-state index is 0.0228. The molecule has 2 unspecified atom stereocenters. The van der Waals surface area contributed by atoms with E-state index in [2.05, 4.69) is 0 Å². The van der Waals surface area contributed by atoms with Gasteiger partial charge in [0.25, 0.3) is 5.91 Å². The van der Waals surface area contributed by atoms with Crippen molar-refractivity contribution in [1.29, 1.82) is 0 Å². The lowest BCUT2D eigenvalue weighted by Crippen LogP contribution is -2.41. The van der Waals surface area contributed by atoms with Crippen molar-refractivity contribution < 1.29 is 22.7 Å². The number of carbonyl (C=O) groups is 2. The van der Waals surface area contributed by atoms with Crippen LogP contribution >= 0.6 is 0 Å². The zero-order valence-electron chi connectivity index (χ0n) is 20.0. The van der Waals surface area contributed by atoms with Crippen LogP contribution in [0.4, 0.5) is 5.69 Å². The predicted molar refractivity (Wildman–Crippen MR) is 136 cm³/mol. The first-order valence-corrected chi connectivity index (χ1v) is 13.5. The number of para-hydroxylation sites is 1. The Labute approximate surface area is 211 Å². The summed E-state index contributed by atoms with van der Waals surface area (Å²) in [6.45, 7) is 1.83. The third-order valence-corrected chi connectivity index (χ3v) is 8.83. The lowest BCUT2D eigenvalue weighted by molar-refractivity contribution is -0.148. The van der Waals surface area contributed by atoms with Gasteiger partial charge in [0.05, 0.1) is 17.4 Å². The molecule has 0 spiro atoms. The zero-order chi connectivity index (χ0) is 25.3. The van der Waals surface area contributed by atoms with Gasteiger partial charge in [0.2, 0.25) is 10.0 Å². The number of esters is 1. The topological polar surface area (TPSA) is 84.0 Å². The number of amides is 1. The minimum atomic E-state index is -3.83. The molecule has 3 aromatic carbocycles. The van der Waals surface area contributed by atoms with Gasteiger partial charge < -0.3 is 9.64 Å². The van der Waals surface area contributed by atoms with Crippen LogP contribution in [0.3, 0.4) is 0 Å². The summed E-state index contributed by atoms with van der Waals surface area (Å²) in [5, 5.41) is 0. The molecular formula is C28H28N2O5S. The van der Waals surface area contributed by atoms with Gasteiger partial charge in [-0.1, -0.05) is 60.7 Å². The van der Waals surface area contributed by atoms with E-state index >= 15 is 0 Å². The summed E-state index contributed by atoms with van der Waals surface area (Å²) in [5.74, 6) is -0.906. The van der Waals surface area contributed by atoms with Gasteiger partial charge in [0.1, 0.15) is 0 Å². The maximum absolute atomic E-state index is 13.5. The maximum Gasteiger partial charge on any atom is 0.308 e. The molecule has 0 aromatic heterocycles. The van der Waals surface area contributed by atoms with Gasteiger partial charge in [-0.25, -0.2) is 8.42 Å². The van der Waals surface area contributed by atoms with Crippen molar-refractivity contribution in [1.82, 2.24) is 4.31 Å².